The van der Waals surface area contributed by atoms with Gasteiger partial charge in [0.2, 0.25) is 0 Å². The molecular weight excluding hydrogens is 303 g/mol. The highest BCUT2D eigenvalue weighted by Crippen LogP contribution is 2.32. The zero-order valence-corrected chi connectivity index (χ0v) is 11.8. The number of halogens is 3. The summed E-state index contributed by atoms with van der Waals surface area (Å²) in [6.45, 7) is 1.77. The van der Waals surface area contributed by atoms with Gasteiger partial charge in [-0.1, -0.05) is 6.92 Å². The lowest BCUT2D eigenvalue weighted by Gasteiger charge is -2.14. The fraction of sp³-hybridized carbons (Fsp3) is 0.308. The average Bonchev–Trinajstić information content (AvgIpc) is 2.95. The number of amides is 1. The molecule has 8 heteroatoms. The summed E-state index contributed by atoms with van der Waals surface area (Å²) >= 11 is 0.885. The minimum Gasteiger partial charge on any atom is -0.343 e. The van der Waals surface area contributed by atoms with Gasteiger partial charge in [-0.2, -0.15) is 13.2 Å². The van der Waals surface area contributed by atoms with Crippen molar-refractivity contribution in [2.45, 2.75) is 25.6 Å². The maximum absolute atomic E-state index is 12.5. The van der Waals surface area contributed by atoms with Crippen LogP contribution < -0.4 is 5.32 Å². The molecule has 1 atom stereocenters. The molecule has 0 unspecified atom stereocenters. The SMILES string of the molecule is CC[C@H](NC(=O)c1cccnc1)c1nc(C(F)(F)F)cs1. The maximum atomic E-state index is 12.5. The first-order valence-corrected chi connectivity index (χ1v) is 7.03. The van der Waals surface area contributed by atoms with E-state index >= 15 is 0 Å². The number of rotatable bonds is 4. The maximum Gasteiger partial charge on any atom is 0.434 e. The highest BCUT2D eigenvalue weighted by Gasteiger charge is 2.34. The molecule has 0 aliphatic carbocycles. The van der Waals surface area contributed by atoms with Gasteiger partial charge in [-0.25, -0.2) is 4.98 Å². The Labute approximate surface area is 123 Å². The third kappa shape index (κ3) is 3.78. The Hall–Kier alpha value is -1.96. The lowest BCUT2D eigenvalue weighted by molar-refractivity contribution is -0.140. The third-order valence-corrected chi connectivity index (χ3v) is 3.71. The van der Waals surface area contributed by atoms with Crippen LogP contribution in [0.1, 0.15) is 40.4 Å². The Morgan fingerprint density at radius 1 is 1.48 bits per heavy atom. The quantitative estimate of drug-likeness (QED) is 0.940. The van der Waals surface area contributed by atoms with Gasteiger partial charge in [0.1, 0.15) is 5.01 Å². The van der Waals surface area contributed by atoms with Crippen LogP contribution in [-0.2, 0) is 6.18 Å². The summed E-state index contributed by atoms with van der Waals surface area (Å²) in [6.07, 6.45) is -1.10. The molecule has 1 amide bonds. The van der Waals surface area contributed by atoms with Gasteiger partial charge >= 0.3 is 6.18 Å². The van der Waals surface area contributed by atoms with Gasteiger partial charge in [0.05, 0.1) is 11.6 Å². The molecule has 0 spiro atoms. The number of aromatic nitrogens is 2. The van der Waals surface area contributed by atoms with Gasteiger partial charge in [-0.05, 0) is 18.6 Å². The highest BCUT2D eigenvalue weighted by molar-refractivity contribution is 7.09. The van der Waals surface area contributed by atoms with E-state index in [2.05, 4.69) is 15.3 Å². The van der Waals surface area contributed by atoms with E-state index in [-0.39, 0.29) is 5.01 Å². The van der Waals surface area contributed by atoms with Crippen LogP contribution in [0.15, 0.2) is 29.9 Å². The largest absolute Gasteiger partial charge is 0.434 e. The zero-order valence-electron chi connectivity index (χ0n) is 11.0. The number of carbonyl (C=O) groups is 1. The summed E-state index contributed by atoms with van der Waals surface area (Å²) in [5, 5.41) is 3.86. The summed E-state index contributed by atoms with van der Waals surface area (Å²) in [6, 6.07) is 2.64. The van der Waals surface area contributed by atoms with Gasteiger partial charge in [0.15, 0.2) is 5.69 Å². The van der Waals surface area contributed by atoms with Crippen molar-refractivity contribution in [1.29, 1.82) is 0 Å². The molecule has 2 rings (SSSR count). The molecule has 2 aromatic heterocycles. The summed E-state index contributed by atoms with van der Waals surface area (Å²) in [4.78, 5) is 19.4. The number of nitrogens with one attached hydrogen (secondary N) is 1. The molecule has 2 aromatic rings. The zero-order chi connectivity index (χ0) is 15.5. The number of carbonyl (C=O) groups excluding carboxylic acids is 1. The first-order chi connectivity index (χ1) is 9.91. The fourth-order valence-electron chi connectivity index (χ4n) is 1.65. The van der Waals surface area contributed by atoms with Crippen molar-refractivity contribution >= 4 is 17.2 Å². The molecule has 0 radical (unpaired) electrons. The highest BCUT2D eigenvalue weighted by atomic mass is 32.1. The molecular formula is C13H12F3N3OS. The molecule has 0 aliphatic heterocycles. The minimum absolute atomic E-state index is 0.238. The number of hydrogen-bond donors (Lipinski definition) is 1. The number of alkyl halides is 3. The Bertz CT molecular complexity index is 613. The molecule has 0 aliphatic rings. The Balaban J connectivity index is 2.13. The topological polar surface area (TPSA) is 54.9 Å². The molecule has 4 nitrogen and oxygen atoms in total. The van der Waals surface area contributed by atoms with Crippen LogP contribution in [0.25, 0.3) is 0 Å². The first kappa shape index (κ1) is 15.4. The summed E-state index contributed by atoms with van der Waals surface area (Å²) < 4.78 is 37.6. The van der Waals surface area contributed by atoms with Crippen molar-refractivity contribution in [2.24, 2.45) is 0 Å². The van der Waals surface area contributed by atoms with E-state index in [1.54, 1.807) is 19.1 Å². The van der Waals surface area contributed by atoms with Gasteiger partial charge in [-0.3, -0.25) is 9.78 Å². The first-order valence-electron chi connectivity index (χ1n) is 6.15. The second-order valence-corrected chi connectivity index (χ2v) is 5.13. The lowest BCUT2D eigenvalue weighted by atomic mass is 10.2. The van der Waals surface area contributed by atoms with Crippen LogP contribution in [0.4, 0.5) is 13.2 Å². The van der Waals surface area contributed by atoms with Crippen molar-refractivity contribution in [3.63, 3.8) is 0 Å². The summed E-state index contributed by atoms with van der Waals surface area (Å²) in [5.41, 5.74) is -0.583. The molecule has 0 saturated heterocycles. The second kappa shape index (κ2) is 6.21. The van der Waals surface area contributed by atoms with Crippen LogP contribution >= 0.6 is 11.3 Å². The van der Waals surface area contributed by atoms with Crippen molar-refractivity contribution < 1.29 is 18.0 Å². The summed E-state index contributed by atoms with van der Waals surface area (Å²) in [5.74, 6) is -0.390. The predicted octanol–water partition coefficient (Wildman–Crippen LogP) is 3.44. The van der Waals surface area contributed by atoms with E-state index in [1.165, 1.54) is 12.4 Å². The van der Waals surface area contributed by atoms with E-state index in [4.69, 9.17) is 0 Å². The lowest BCUT2D eigenvalue weighted by Crippen LogP contribution is -2.28. The normalized spacial score (nSPS) is 13.0. The second-order valence-electron chi connectivity index (χ2n) is 4.24. The van der Waals surface area contributed by atoms with Crippen LogP contribution in [0.2, 0.25) is 0 Å². The van der Waals surface area contributed by atoms with Gasteiger partial charge < -0.3 is 5.32 Å². The fourth-order valence-corrected chi connectivity index (χ4v) is 2.61. The minimum atomic E-state index is -4.47. The Morgan fingerprint density at radius 2 is 2.24 bits per heavy atom. The number of thiazole rings is 1. The van der Waals surface area contributed by atoms with Crippen molar-refractivity contribution in [3.05, 3.63) is 46.2 Å². The number of nitrogens with zero attached hydrogens (tertiary/aromatic N) is 2. The van der Waals surface area contributed by atoms with Gasteiger partial charge in [0.25, 0.3) is 5.91 Å². The standard InChI is InChI=1S/C13H12F3N3OS/c1-2-9(12-19-10(7-21-12)13(14,15)16)18-11(20)8-4-3-5-17-6-8/h3-7,9H,2H2,1H3,(H,18,20)/t9-/m0/s1. The van der Waals surface area contributed by atoms with Crippen molar-refractivity contribution in [1.82, 2.24) is 15.3 Å². The van der Waals surface area contributed by atoms with E-state index in [0.29, 0.717) is 12.0 Å². The van der Waals surface area contributed by atoms with E-state index in [1.807, 2.05) is 0 Å². The van der Waals surface area contributed by atoms with Crippen LogP contribution in [0.3, 0.4) is 0 Å². The summed E-state index contributed by atoms with van der Waals surface area (Å²) in [7, 11) is 0. The van der Waals surface area contributed by atoms with Gasteiger partial charge in [-0.15, -0.1) is 11.3 Å². The van der Waals surface area contributed by atoms with Crippen molar-refractivity contribution in [3.8, 4) is 0 Å². The Morgan fingerprint density at radius 3 is 2.76 bits per heavy atom. The van der Waals surface area contributed by atoms with Crippen LogP contribution in [0, 0.1) is 0 Å². The average molecular weight is 315 g/mol. The van der Waals surface area contributed by atoms with E-state index in [9.17, 15) is 18.0 Å². The molecule has 0 bridgehead atoms. The number of pyridine rings is 1. The predicted molar refractivity (Wildman–Crippen MR) is 71.9 cm³/mol. The molecule has 112 valence electrons. The molecule has 1 N–H and O–H groups in total. The number of hydrogen-bond acceptors (Lipinski definition) is 4. The monoisotopic (exact) mass is 315 g/mol. The van der Waals surface area contributed by atoms with E-state index < -0.39 is 23.8 Å². The smallest absolute Gasteiger partial charge is 0.343 e. The molecule has 0 fully saturated rings. The third-order valence-electron chi connectivity index (χ3n) is 2.75. The molecule has 0 aromatic carbocycles. The van der Waals surface area contributed by atoms with Crippen LogP contribution in [-0.4, -0.2) is 15.9 Å². The Kier molecular flexibility index (Phi) is 4.56. The van der Waals surface area contributed by atoms with Crippen molar-refractivity contribution in [2.75, 3.05) is 0 Å². The van der Waals surface area contributed by atoms with E-state index in [0.717, 1.165) is 16.7 Å². The molecule has 0 saturated carbocycles. The molecule has 2 heterocycles. The van der Waals surface area contributed by atoms with Gasteiger partial charge in [0, 0.05) is 17.8 Å². The van der Waals surface area contributed by atoms with Crippen LogP contribution in [0.5, 0.6) is 0 Å². The molecule has 21 heavy (non-hydrogen) atoms.